The Hall–Kier alpha value is -1.38. The SMILES string of the molecule is CCSc1cccc(Sc2nc(C)c(C)o2)c1C#N. The third-order valence-electron chi connectivity index (χ3n) is 2.61. The number of hydrogen-bond donors (Lipinski definition) is 0. The van der Waals surface area contributed by atoms with Crippen LogP contribution < -0.4 is 0 Å². The number of benzene rings is 1. The van der Waals surface area contributed by atoms with E-state index in [9.17, 15) is 5.26 Å². The standard InChI is InChI=1S/C14H14N2OS2/c1-4-18-12-6-5-7-13(11(12)8-15)19-14-16-9(2)10(3)17-14/h5-7H,4H2,1-3H3. The Morgan fingerprint density at radius 1 is 1.32 bits per heavy atom. The van der Waals surface area contributed by atoms with E-state index in [1.165, 1.54) is 11.8 Å². The molecule has 0 fully saturated rings. The smallest absolute Gasteiger partial charge is 0.261 e. The van der Waals surface area contributed by atoms with Gasteiger partial charge in [0, 0.05) is 9.79 Å². The first-order chi connectivity index (χ1) is 9.15. The molecular weight excluding hydrogens is 276 g/mol. The Bertz CT molecular complexity index is 609. The van der Waals surface area contributed by atoms with E-state index in [4.69, 9.17) is 4.42 Å². The molecule has 0 unspecified atom stereocenters. The summed E-state index contributed by atoms with van der Waals surface area (Å²) in [6.07, 6.45) is 0. The van der Waals surface area contributed by atoms with Gasteiger partial charge in [-0.25, -0.2) is 4.98 Å². The molecule has 0 saturated carbocycles. The van der Waals surface area contributed by atoms with E-state index in [-0.39, 0.29) is 0 Å². The van der Waals surface area contributed by atoms with Gasteiger partial charge in [0.1, 0.15) is 11.8 Å². The largest absolute Gasteiger partial charge is 0.436 e. The molecule has 0 bridgehead atoms. The van der Waals surface area contributed by atoms with E-state index in [0.717, 1.165) is 27.0 Å². The Morgan fingerprint density at radius 3 is 2.63 bits per heavy atom. The van der Waals surface area contributed by atoms with Gasteiger partial charge < -0.3 is 4.42 Å². The Kier molecular flexibility index (Phi) is 4.56. The minimum Gasteiger partial charge on any atom is -0.436 e. The highest BCUT2D eigenvalue weighted by atomic mass is 32.2. The average molecular weight is 290 g/mol. The summed E-state index contributed by atoms with van der Waals surface area (Å²) >= 11 is 3.07. The van der Waals surface area contributed by atoms with E-state index in [1.807, 2.05) is 32.0 Å². The highest BCUT2D eigenvalue weighted by molar-refractivity contribution is 8.00. The number of aromatic nitrogens is 1. The van der Waals surface area contributed by atoms with Gasteiger partial charge in [-0.2, -0.15) is 5.26 Å². The molecule has 98 valence electrons. The molecule has 5 heteroatoms. The predicted octanol–water partition coefficient (Wildman–Crippen LogP) is 4.43. The minimum absolute atomic E-state index is 0.588. The molecule has 0 radical (unpaired) electrons. The van der Waals surface area contributed by atoms with Crippen LogP contribution >= 0.6 is 23.5 Å². The molecule has 1 aromatic heterocycles. The fourth-order valence-electron chi connectivity index (χ4n) is 1.56. The molecule has 1 heterocycles. The summed E-state index contributed by atoms with van der Waals surface area (Å²) in [5, 5.41) is 9.92. The Balaban J connectivity index is 2.34. The van der Waals surface area contributed by atoms with Crippen LogP contribution in [0.15, 0.2) is 37.6 Å². The quantitative estimate of drug-likeness (QED) is 0.780. The zero-order valence-corrected chi connectivity index (χ0v) is 12.7. The second-order valence-corrected chi connectivity index (χ2v) is 6.20. The number of oxazole rings is 1. The average Bonchev–Trinajstić information content (AvgIpc) is 2.69. The van der Waals surface area contributed by atoms with Gasteiger partial charge in [-0.1, -0.05) is 13.0 Å². The first-order valence-electron chi connectivity index (χ1n) is 5.93. The topological polar surface area (TPSA) is 49.8 Å². The van der Waals surface area contributed by atoms with Gasteiger partial charge in [0.05, 0.1) is 11.3 Å². The number of hydrogen-bond acceptors (Lipinski definition) is 5. The lowest BCUT2D eigenvalue weighted by atomic mass is 10.2. The fourth-order valence-corrected chi connectivity index (χ4v) is 3.36. The van der Waals surface area contributed by atoms with E-state index in [1.54, 1.807) is 11.8 Å². The second kappa shape index (κ2) is 6.18. The number of aryl methyl sites for hydroxylation is 2. The monoisotopic (exact) mass is 290 g/mol. The molecule has 0 N–H and O–H groups in total. The van der Waals surface area contributed by atoms with Gasteiger partial charge in [-0.15, -0.1) is 11.8 Å². The van der Waals surface area contributed by atoms with Crippen LogP contribution in [0.4, 0.5) is 0 Å². The maximum atomic E-state index is 9.34. The summed E-state index contributed by atoms with van der Waals surface area (Å²) in [5.41, 5.74) is 1.59. The molecule has 2 aromatic rings. The number of thioether (sulfide) groups is 1. The van der Waals surface area contributed by atoms with Crippen molar-refractivity contribution in [3.63, 3.8) is 0 Å². The van der Waals surface area contributed by atoms with Gasteiger partial charge in [-0.3, -0.25) is 0 Å². The van der Waals surface area contributed by atoms with Crippen molar-refractivity contribution in [2.24, 2.45) is 0 Å². The van der Waals surface area contributed by atoms with Crippen LogP contribution in [-0.2, 0) is 0 Å². The van der Waals surface area contributed by atoms with Crippen LogP contribution in [0.25, 0.3) is 0 Å². The van der Waals surface area contributed by atoms with Crippen LogP contribution in [0.1, 0.15) is 23.9 Å². The molecular formula is C14H14N2OS2. The van der Waals surface area contributed by atoms with Crippen molar-refractivity contribution in [2.45, 2.75) is 35.8 Å². The van der Waals surface area contributed by atoms with Crippen LogP contribution in [-0.4, -0.2) is 10.7 Å². The van der Waals surface area contributed by atoms with E-state index < -0.39 is 0 Å². The molecule has 0 amide bonds. The molecule has 0 aliphatic heterocycles. The molecule has 19 heavy (non-hydrogen) atoms. The summed E-state index contributed by atoms with van der Waals surface area (Å²) < 4.78 is 5.55. The van der Waals surface area contributed by atoms with E-state index in [0.29, 0.717) is 10.8 Å². The highest BCUT2D eigenvalue weighted by Crippen LogP contribution is 2.35. The third-order valence-corrected chi connectivity index (χ3v) is 4.46. The fraction of sp³-hybridized carbons (Fsp3) is 0.286. The van der Waals surface area contributed by atoms with Crippen molar-refractivity contribution in [3.05, 3.63) is 35.2 Å². The number of nitriles is 1. The summed E-state index contributed by atoms with van der Waals surface area (Å²) in [6.45, 7) is 5.88. The van der Waals surface area contributed by atoms with Gasteiger partial charge in [0.15, 0.2) is 0 Å². The molecule has 0 saturated heterocycles. The molecule has 2 rings (SSSR count). The van der Waals surface area contributed by atoms with E-state index >= 15 is 0 Å². The van der Waals surface area contributed by atoms with Crippen LogP contribution in [0.5, 0.6) is 0 Å². The maximum Gasteiger partial charge on any atom is 0.261 e. The minimum atomic E-state index is 0.588. The zero-order valence-electron chi connectivity index (χ0n) is 11.1. The lowest BCUT2D eigenvalue weighted by molar-refractivity contribution is 0.431. The van der Waals surface area contributed by atoms with Crippen molar-refractivity contribution < 1.29 is 4.42 Å². The first kappa shape index (κ1) is 14.0. The molecule has 3 nitrogen and oxygen atoms in total. The van der Waals surface area contributed by atoms with Crippen molar-refractivity contribution >= 4 is 23.5 Å². The molecule has 0 aliphatic carbocycles. The number of rotatable bonds is 4. The maximum absolute atomic E-state index is 9.34. The second-order valence-electron chi connectivity index (χ2n) is 3.90. The number of nitrogens with zero attached hydrogens (tertiary/aromatic N) is 2. The lowest BCUT2D eigenvalue weighted by Gasteiger charge is -2.05. The molecule has 0 spiro atoms. The van der Waals surface area contributed by atoms with Crippen LogP contribution in [0, 0.1) is 25.2 Å². The molecule has 0 atom stereocenters. The van der Waals surface area contributed by atoms with Crippen molar-refractivity contribution in [3.8, 4) is 6.07 Å². The van der Waals surface area contributed by atoms with Crippen molar-refractivity contribution in [2.75, 3.05) is 5.75 Å². The third kappa shape index (κ3) is 3.14. The summed E-state index contributed by atoms with van der Waals surface area (Å²) in [4.78, 5) is 6.24. The van der Waals surface area contributed by atoms with Gasteiger partial charge in [0.2, 0.25) is 0 Å². The zero-order chi connectivity index (χ0) is 13.8. The van der Waals surface area contributed by atoms with Gasteiger partial charge in [-0.05, 0) is 43.5 Å². The van der Waals surface area contributed by atoms with Gasteiger partial charge in [0.25, 0.3) is 5.22 Å². The van der Waals surface area contributed by atoms with Crippen molar-refractivity contribution in [1.29, 1.82) is 5.26 Å². The normalized spacial score (nSPS) is 10.4. The van der Waals surface area contributed by atoms with Crippen LogP contribution in [0.2, 0.25) is 0 Å². The van der Waals surface area contributed by atoms with Gasteiger partial charge >= 0.3 is 0 Å². The highest BCUT2D eigenvalue weighted by Gasteiger charge is 2.13. The predicted molar refractivity (Wildman–Crippen MR) is 77.7 cm³/mol. The summed E-state index contributed by atoms with van der Waals surface area (Å²) in [6, 6.07) is 8.15. The Morgan fingerprint density at radius 2 is 2.05 bits per heavy atom. The Labute approximate surface area is 121 Å². The summed E-state index contributed by atoms with van der Waals surface area (Å²) in [7, 11) is 0. The first-order valence-corrected chi connectivity index (χ1v) is 7.73. The molecule has 0 aliphatic rings. The summed E-state index contributed by atoms with van der Waals surface area (Å²) in [5.74, 6) is 1.76. The van der Waals surface area contributed by atoms with E-state index in [2.05, 4.69) is 18.0 Å². The van der Waals surface area contributed by atoms with Crippen LogP contribution in [0.3, 0.4) is 0 Å². The molecule has 1 aromatic carbocycles. The van der Waals surface area contributed by atoms with Crippen molar-refractivity contribution in [1.82, 2.24) is 4.98 Å². The lowest BCUT2D eigenvalue weighted by Crippen LogP contribution is -1.86.